The van der Waals surface area contributed by atoms with E-state index in [0.29, 0.717) is 11.5 Å². The summed E-state index contributed by atoms with van der Waals surface area (Å²) in [5.41, 5.74) is 0.819. The summed E-state index contributed by atoms with van der Waals surface area (Å²) in [5.74, 6) is 1.10. The Labute approximate surface area is 113 Å². The largest absolute Gasteiger partial charge is 0.493 e. The maximum Gasteiger partial charge on any atom is 0.227 e. The summed E-state index contributed by atoms with van der Waals surface area (Å²) in [4.78, 5) is 13.4. The third-order valence-electron chi connectivity index (χ3n) is 2.96. The van der Waals surface area contributed by atoms with Crippen LogP contribution in [0.4, 0.5) is 0 Å². The van der Waals surface area contributed by atoms with E-state index in [1.165, 1.54) is 4.90 Å². The Kier molecular flexibility index (Phi) is 5.19. The molecule has 1 rings (SSSR count). The highest BCUT2D eigenvalue weighted by atomic mass is 16.5. The van der Waals surface area contributed by atoms with E-state index < -0.39 is 6.04 Å². The quantitative estimate of drug-likeness (QED) is 0.809. The first kappa shape index (κ1) is 14.8. The minimum atomic E-state index is -0.437. The number of methoxy groups -OCH3 is 2. The SMILES string of the molecule is COc1ccc(CC(=O)N(C)C(C)C#N)cc1OC. The molecule has 0 fully saturated rings. The molecule has 0 N–H and O–H groups in total. The van der Waals surface area contributed by atoms with Crippen LogP contribution in [0.2, 0.25) is 0 Å². The molecule has 5 heteroatoms. The molecule has 5 nitrogen and oxygen atoms in total. The van der Waals surface area contributed by atoms with Gasteiger partial charge in [-0.05, 0) is 24.6 Å². The van der Waals surface area contributed by atoms with Gasteiger partial charge in [-0.15, -0.1) is 0 Å². The van der Waals surface area contributed by atoms with E-state index in [1.807, 2.05) is 12.1 Å². The van der Waals surface area contributed by atoms with Gasteiger partial charge in [0.15, 0.2) is 11.5 Å². The third-order valence-corrected chi connectivity index (χ3v) is 2.96. The average molecular weight is 262 g/mol. The second kappa shape index (κ2) is 6.64. The molecule has 0 aliphatic carbocycles. The van der Waals surface area contributed by atoms with Crippen molar-refractivity contribution < 1.29 is 14.3 Å². The number of ether oxygens (including phenoxy) is 2. The molecule has 1 amide bonds. The van der Waals surface area contributed by atoms with Gasteiger partial charge in [0, 0.05) is 7.05 Å². The lowest BCUT2D eigenvalue weighted by Crippen LogP contribution is -2.35. The normalized spacial score (nSPS) is 11.3. The number of carbonyl (C=O) groups is 1. The lowest BCUT2D eigenvalue weighted by molar-refractivity contribution is -0.130. The van der Waals surface area contributed by atoms with Crippen molar-refractivity contribution in [2.75, 3.05) is 21.3 Å². The van der Waals surface area contributed by atoms with E-state index in [9.17, 15) is 4.79 Å². The van der Waals surface area contributed by atoms with Crippen molar-refractivity contribution in [3.63, 3.8) is 0 Å². The number of nitriles is 1. The first-order valence-electron chi connectivity index (χ1n) is 5.89. The molecule has 0 aliphatic rings. The fourth-order valence-electron chi connectivity index (χ4n) is 1.59. The van der Waals surface area contributed by atoms with E-state index >= 15 is 0 Å². The Morgan fingerprint density at radius 1 is 1.37 bits per heavy atom. The van der Waals surface area contributed by atoms with Crippen LogP contribution in [0, 0.1) is 11.3 Å². The van der Waals surface area contributed by atoms with Gasteiger partial charge in [0.1, 0.15) is 6.04 Å². The van der Waals surface area contributed by atoms with E-state index in [2.05, 4.69) is 0 Å². The first-order valence-corrected chi connectivity index (χ1v) is 5.89. The summed E-state index contributed by atoms with van der Waals surface area (Å²) in [7, 11) is 4.73. The van der Waals surface area contributed by atoms with Crippen molar-refractivity contribution in [2.24, 2.45) is 0 Å². The minimum absolute atomic E-state index is 0.110. The number of hydrogen-bond acceptors (Lipinski definition) is 4. The van der Waals surface area contributed by atoms with Crippen LogP contribution >= 0.6 is 0 Å². The third kappa shape index (κ3) is 3.62. The molecule has 0 heterocycles. The molecule has 0 aliphatic heterocycles. The van der Waals surface area contributed by atoms with Crippen LogP contribution in [0.5, 0.6) is 11.5 Å². The number of carbonyl (C=O) groups excluding carboxylic acids is 1. The number of amides is 1. The lowest BCUT2D eigenvalue weighted by Gasteiger charge is -2.19. The van der Waals surface area contributed by atoms with Crippen LogP contribution in [-0.2, 0) is 11.2 Å². The van der Waals surface area contributed by atoms with Gasteiger partial charge < -0.3 is 14.4 Å². The Morgan fingerprint density at radius 2 is 2.00 bits per heavy atom. The summed E-state index contributed by atoms with van der Waals surface area (Å²) in [5, 5.41) is 8.79. The summed E-state index contributed by atoms with van der Waals surface area (Å²) >= 11 is 0. The highest BCUT2D eigenvalue weighted by Crippen LogP contribution is 2.27. The molecule has 1 atom stereocenters. The van der Waals surface area contributed by atoms with Gasteiger partial charge in [-0.2, -0.15) is 5.26 Å². The summed E-state index contributed by atoms with van der Waals surface area (Å²) in [6.07, 6.45) is 0.225. The van der Waals surface area contributed by atoms with Crippen molar-refractivity contribution in [1.29, 1.82) is 5.26 Å². The Bertz CT molecular complexity index is 494. The maximum absolute atomic E-state index is 12.0. The van der Waals surface area contributed by atoms with Gasteiger partial charge >= 0.3 is 0 Å². The highest BCUT2D eigenvalue weighted by molar-refractivity contribution is 5.79. The number of rotatable bonds is 5. The van der Waals surface area contributed by atoms with E-state index in [4.69, 9.17) is 14.7 Å². The zero-order valence-electron chi connectivity index (χ0n) is 11.6. The van der Waals surface area contributed by atoms with Crippen molar-refractivity contribution in [1.82, 2.24) is 4.90 Å². The fourth-order valence-corrected chi connectivity index (χ4v) is 1.59. The highest BCUT2D eigenvalue weighted by Gasteiger charge is 2.16. The number of benzene rings is 1. The number of likely N-dealkylation sites (N-methyl/N-ethyl adjacent to an activating group) is 1. The molecular weight excluding hydrogens is 244 g/mol. The van der Waals surface area contributed by atoms with E-state index in [0.717, 1.165) is 5.56 Å². The van der Waals surface area contributed by atoms with Crippen LogP contribution in [-0.4, -0.2) is 38.1 Å². The standard InChI is InChI=1S/C14H18N2O3/c1-10(9-15)16(2)14(17)8-11-5-6-12(18-3)13(7-11)19-4/h5-7,10H,8H2,1-4H3. The van der Waals surface area contributed by atoms with Gasteiger partial charge in [0.25, 0.3) is 0 Å². The molecule has 0 bridgehead atoms. The summed E-state index contributed by atoms with van der Waals surface area (Å²) in [6, 6.07) is 6.93. The second-order valence-electron chi connectivity index (χ2n) is 4.18. The van der Waals surface area contributed by atoms with Crippen LogP contribution < -0.4 is 9.47 Å². The molecule has 1 unspecified atom stereocenters. The van der Waals surface area contributed by atoms with Crippen LogP contribution in [0.25, 0.3) is 0 Å². The van der Waals surface area contributed by atoms with Crippen LogP contribution in [0.3, 0.4) is 0 Å². The van der Waals surface area contributed by atoms with E-state index in [1.54, 1.807) is 40.3 Å². The van der Waals surface area contributed by atoms with Gasteiger partial charge in [-0.1, -0.05) is 6.07 Å². The molecule has 19 heavy (non-hydrogen) atoms. The second-order valence-corrected chi connectivity index (χ2v) is 4.18. The molecule has 1 aromatic rings. The first-order chi connectivity index (χ1) is 9.03. The number of nitrogens with zero attached hydrogens (tertiary/aromatic N) is 2. The lowest BCUT2D eigenvalue weighted by atomic mass is 10.1. The van der Waals surface area contributed by atoms with Gasteiger partial charge in [-0.25, -0.2) is 0 Å². The number of hydrogen-bond donors (Lipinski definition) is 0. The predicted octanol–water partition coefficient (Wildman–Crippen LogP) is 1.62. The van der Waals surface area contributed by atoms with Crippen molar-refractivity contribution in [2.45, 2.75) is 19.4 Å². The van der Waals surface area contributed by atoms with Gasteiger partial charge in [-0.3, -0.25) is 4.79 Å². The fraction of sp³-hybridized carbons (Fsp3) is 0.429. The zero-order chi connectivity index (χ0) is 14.4. The molecule has 0 aromatic heterocycles. The maximum atomic E-state index is 12.0. The van der Waals surface area contributed by atoms with E-state index in [-0.39, 0.29) is 12.3 Å². The predicted molar refractivity (Wildman–Crippen MR) is 71.1 cm³/mol. The molecule has 0 saturated carbocycles. The molecular formula is C14H18N2O3. The van der Waals surface area contributed by atoms with Crippen LogP contribution in [0.15, 0.2) is 18.2 Å². The van der Waals surface area contributed by atoms with Crippen LogP contribution in [0.1, 0.15) is 12.5 Å². The van der Waals surface area contributed by atoms with Crippen molar-refractivity contribution >= 4 is 5.91 Å². The molecule has 0 spiro atoms. The topological polar surface area (TPSA) is 62.6 Å². The Morgan fingerprint density at radius 3 is 2.53 bits per heavy atom. The Hall–Kier alpha value is -2.22. The molecule has 102 valence electrons. The van der Waals surface area contributed by atoms with Crippen molar-refractivity contribution in [3.05, 3.63) is 23.8 Å². The minimum Gasteiger partial charge on any atom is -0.493 e. The molecule has 1 aromatic carbocycles. The summed E-state index contributed by atoms with van der Waals surface area (Å²) in [6.45, 7) is 1.69. The van der Waals surface area contributed by atoms with Gasteiger partial charge in [0.05, 0.1) is 26.7 Å². The summed E-state index contributed by atoms with van der Waals surface area (Å²) < 4.78 is 10.3. The van der Waals surface area contributed by atoms with Crippen molar-refractivity contribution in [3.8, 4) is 17.6 Å². The van der Waals surface area contributed by atoms with Gasteiger partial charge in [0.2, 0.25) is 5.91 Å². The average Bonchev–Trinajstić information content (AvgIpc) is 2.45. The monoisotopic (exact) mass is 262 g/mol. The Balaban J connectivity index is 2.83. The molecule has 0 saturated heterocycles. The zero-order valence-corrected chi connectivity index (χ0v) is 11.6. The molecule has 0 radical (unpaired) electrons. The smallest absolute Gasteiger partial charge is 0.227 e.